The van der Waals surface area contributed by atoms with Gasteiger partial charge in [-0.25, -0.2) is 0 Å². The van der Waals surface area contributed by atoms with Crippen molar-refractivity contribution in [3.63, 3.8) is 0 Å². The van der Waals surface area contributed by atoms with Crippen molar-refractivity contribution in [3.8, 4) is 11.5 Å². The van der Waals surface area contributed by atoms with Crippen LogP contribution in [0.15, 0.2) is 18.2 Å². The van der Waals surface area contributed by atoms with Crippen molar-refractivity contribution in [2.24, 2.45) is 0 Å². The Bertz CT molecular complexity index is 394. The van der Waals surface area contributed by atoms with Crippen LogP contribution in [0.25, 0.3) is 0 Å². The molecule has 0 unspecified atom stereocenters. The molecule has 0 aliphatic heterocycles. The number of carbonyl (C=O) groups is 1. The lowest BCUT2D eigenvalue weighted by atomic mass is 10.2. The van der Waals surface area contributed by atoms with E-state index < -0.39 is 0 Å². The Morgan fingerprint density at radius 3 is 2.67 bits per heavy atom. The molecular weight excluding hydrogens is 232 g/mol. The quantitative estimate of drug-likeness (QED) is 0.774. The first-order chi connectivity index (χ1) is 8.71. The van der Waals surface area contributed by atoms with Crippen molar-refractivity contribution in [3.05, 3.63) is 18.2 Å². The van der Waals surface area contributed by atoms with Crippen LogP contribution in [-0.4, -0.2) is 32.7 Å². The number of anilines is 1. The molecule has 1 amide bonds. The average Bonchev–Trinajstić information content (AvgIpc) is 2.37. The molecule has 1 aromatic carbocycles. The molecule has 0 saturated heterocycles. The summed E-state index contributed by atoms with van der Waals surface area (Å²) in [6, 6.07) is 5.31. The number of hydrogen-bond donors (Lipinski definition) is 2. The SMILES string of the molecule is CCNCC(=O)Nc1ccc(OC)c(OCC)c1. The van der Waals surface area contributed by atoms with E-state index in [1.54, 1.807) is 25.3 Å². The van der Waals surface area contributed by atoms with Gasteiger partial charge in [-0.15, -0.1) is 0 Å². The molecule has 0 aromatic heterocycles. The molecule has 0 bridgehead atoms. The van der Waals surface area contributed by atoms with E-state index in [0.717, 1.165) is 6.54 Å². The van der Waals surface area contributed by atoms with Crippen molar-refractivity contribution < 1.29 is 14.3 Å². The van der Waals surface area contributed by atoms with Gasteiger partial charge in [0.25, 0.3) is 0 Å². The third-order valence-corrected chi connectivity index (χ3v) is 2.28. The van der Waals surface area contributed by atoms with E-state index in [1.165, 1.54) is 0 Å². The van der Waals surface area contributed by atoms with Crippen LogP contribution in [0.4, 0.5) is 5.69 Å². The summed E-state index contributed by atoms with van der Waals surface area (Å²) in [6.45, 7) is 5.46. The molecule has 0 spiro atoms. The number of methoxy groups -OCH3 is 1. The maximum Gasteiger partial charge on any atom is 0.238 e. The fourth-order valence-electron chi connectivity index (χ4n) is 1.47. The third-order valence-electron chi connectivity index (χ3n) is 2.28. The molecule has 1 aromatic rings. The van der Waals surface area contributed by atoms with Gasteiger partial charge in [0.1, 0.15) is 0 Å². The number of ether oxygens (including phenoxy) is 2. The van der Waals surface area contributed by atoms with E-state index in [2.05, 4.69) is 10.6 Å². The van der Waals surface area contributed by atoms with Crippen molar-refractivity contribution in [1.29, 1.82) is 0 Å². The Morgan fingerprint density at radius 2 is 2.06 bits per heavy atom. The summed E-state index contributed by atoms with van der Waals surface area (Å²) in [5, 5.41) is 5.75. The predicted molar refractivity (Wildman–Crippen MR) is 71.3 cm³/mol. The monoisotopic (exact) mass is 252 g/mol. The number of amides is 1. The second-order valence-electron chi connectivity index (χ2n) is 3.63. The average molecular weight is 252 g/mol. The third kappa shape index (κ3) is 4.25. The number of hydrogen-bond acceptors (Lipinski definition) is 4. The van der Waals surface area contributed by atoms with E-state index in [9.17, 15) is 4.79 Å². The zero-order chi connectivity index (χ0) is 13.4. The van der Waals surface area contributed by atoms with Gasteiger partial charge in [-0.05, 0) is 25.6 Å². The maximum atomic E-state index is 11.5. The van der Waals surface area contributed by atoms with E-state index in [0.29, 0.717) is 30.3 Å². The van der Waals surface area contributed by atoms with Crippen LogP contribution in [0.3, 0.4) is 0 Å². The number of nitrogens with one attached hydrogen (secondary N) is 2. The van der Waals surface area contributed by atoms with Crippen molar-refractivity contribution >= 4 is 11.6 Å². The molecule has 0 atom stereocenters. The summed E-state index contributed by atoms with van der Waals surface area (Å²) in [4.78, 5) is 11.5. The van der Waals surface area contributed by atoms with Crippen LogP contribution in [0.2, 0.25) is 0 Å². The molecule has 0 aliphatic rings. The Balaban J connectivity index is 2.71. The fraction of sp³-hybridized carbons (Fsp3) is 0.462. The minimum absolute atomic E-state index is 0.0792. The van der Waals surface area contributed by atoms with Gasteiger partial charge < -0.3 is 20.1 Å². The lowest BCUT2D eigenvalue weighted by Gasteiger charge is -2.12. The van der Waals surface area contributed by atoms with Gasteiger partial charge in [0.05, 0.1) is 20.3 Å². The maximum absolute atomic E-state index is 11.5. The normalized spacial score (nSPS) is 9.94. The number of rotatable bonds is 7. The van der Waals surface area contributed by atoms with Crippen molar-refractivity contribution in [1.82, 2.24) is 5.32 Å². The van der Waals surface area contributed by atoms with E-state index >= 15 is 0 Å². The van der Waals surface area contributed by atoms with Crippen LogP contribution < -0.4 is 20.1 Å². The largest absolute Gasteiger partial charge is 0.493 e. The minimum Gasteiger partial charge on any atom is -0.493 e. The number of carbonyl (C=O) groups excluding carboxylic acids is 1. The fourth-order valence-corrected chi connectivity index (χ4v) is 1.47. The van der Waals surface area contributed by atoms with E-state index in [1.807, 2.05) is 13.8 Å². The summed E-state index contributed by atoms with van der Waals surface area (Å²) in [5.41, 5.74) is 0.696. The van der Waals surface area contributed by atoms with Gasteiger partial charge in [0.15, 0.2) is 11.5 Å². The molecule has 100 valence electrons. The van der Waals surface area contributed by atoms with Gasteiger partial charge in [-0.2, -0.15) is 0 Å². The number of likely N-dealkylation sites (N-methyl/N-ethyl adjacent to an activating group) is 1. The topological polar surface area (TPSA) is 59.6 Å². The predicted octanol–water partition coefficient (Wildman–Crippen LogP) is 1.64. The summed E-state index contributed by atoms with van der Waals surface area (Å²) in [6.07, 6.45) is 0. The molecule has 18 heavy (non-hydrogen) atoms. The van der Waals surface area contributed by atoms with Gasteiger partial charge >= 0.3 is 0 Å². The Hall–Kier alpha value is -1.75. The zero-order valence-corrected chi connectivity index (χ0v) is 11.1. The van der Waals surface area contributed by atoms with Gasteiger partial charge in [-0.3, -0.25) is 4.79 Å². The van der Waals surface area contributed by atoms with Crippen molar-refractivity contribution in [2.75, 3.05) is 32.1 Å². The van der Waals surface area contributed by atoms with Gasteiger partial charge in [0, 0.05) is 11.8 Å². The first kappa shape index (κ1) is 14.3. The lowest BCUT2D eigenvalue weighted by Crippen LogP contribution is -2.27. The second-order valence-corrected chi connectivity index (χ2v) is 3.63. The van der Waals surface area contributed by atoms with Crippen LogP contribution in [-0.2, 0) is 4.79 Å². The van der Waals surface area contributed by atoms with Crippen molar-refractivity contribution in [2.45, 2.75) is 13.8 Å². The standard InChI is InChI=1S/C13H20N2O3/c1-4-14-9-13(16)15-10-6-7-11(17-3)12(8-10)18-5-2/h6-8,14H,4-5,9H2,1-3H3,(H,15,16). The zero-order valence-electron chi connectivity index (χ0n) is 11.1. The molecule has 0 radical (unpaired) electrons. The molecule has 5 heteroatoms. The van der Waals surface area contributed by atoms with Crippen LogP contribution in [0, 0.1) is 0 Å². The second kappa shape index (κ2) is 7.55. The smallest absolute Gasteiger partial charge is 0.238 e. The summed E-state index contributed by atoms with van der Waals surface area (Å²) in [7, 11) is 1.58. The molecule has 0 heterocycles. The highest BCUT2D eigenvalue weighted by Crippen LogP contribution is 2.30. The highest BCUT2D eigenvalue weighted by molar-refractivity contribution is 5.92. The Labute approximate surface area is 107 Å². The molecule has 1 rings (SSSR count). The summed E-state index contributed by atoms with van der Waals surface area (Å²) >= 11 is 0. The molecule has 0 fully saturated rings. The molecular formula is C13H20N2O3. The van der Waals surface area contributed by atoms with Crippen LogP contribution in [0.1, 0.15) is 13.8 Å². The molecule has 0 aliphatic carbocycles. The number of benzene rings is 1. The summed E-state index contributed by atoms with van der Waals surface area (Å²) < 4.78 is 10.6. The highest BCUT2D eigenvalue weighted by Gasteiger charge is 2.07. The van der Waals surface area contributed by atoms with Crippen LogP contribution in [0.5, 0.6) is 11.5 Å². The molecule has 5 nitrogen and oxygen atoms in total. The van der Waals surface area contributed by atoms with E-state index in [-0.39, 0.29) is 5.91 Å². The lowest BCUT2D eigenvalue weighted by molar-refractivity contribution is -0.115. The first-order valence-corrected chi connectivity index (χ1v) is 6.02. The van der Waals surface area contributed by atoms with Gasteiger partial charge in [-0.1, -0.05) is 6.92 Å². The minimum atomic E-state index is -0.0792. The summed E-state index contributed by atoms with van der Waals surface area (Å²) in [5.74, 6) is 1.20. The molecule has 2 N–H and O–H groups in total. The Kier molecular flexibility index (Phi) is 6.00. The van der Waals surface area contributed by atoms with Gasteiger partial charge in [0.2, 0.25) is 5.91 Å². The highest BCUT2D eigenvalue weighted by atomic mass is 16.5. The van der Waals surface area contributed by atoms with E-state index in [4.69, 9.17) is 9.47 Å². The Morgan fingerprint density at radius 1 is 1.28 bits per heavy atom. The first-order valence-electron chi connectivity index (χ1n) is 6.02. The van der Waals surface area contributed by atoms with Crippen LogP contribution >= 0.6 is 0 Å². The molecule has 0 saturated carbocycles.